The topological polar surface area (TPSA) is 59.2 Å². The van der Waals surface area contributed by atoms with Crippen LogP contribution in [-0.2, 0) is 0 Å². The highest BCUT2D eigenvalue weighted by Crippen LogP contribution is 2.24. The van der Waals surface area contributed by atoms with E-state index in [9.17, 15) is 4.79 Å². The second kappa shape index (κ2) is 6.65. The van der Waals surface area contributed by atoms with Crippen LogP contribution in [0, 0.1) is 6.92 Å². The van der Waals surface area contributed by atoms with Gasteiger partial charge in [0, 0.05) is 19.3 Å². The van der Waals surface area contributed by atoms with Crippen LogP contribution in [0.25, 0.3) is 11.4 Å². The van der Waals surface area contributed by atoms with Crippen LogP contribution in [0.5, 0.6) is 0 Å². The number of hydrogen-bond acceptors (Lipinski definition) is 4. The highest BCUT2D eigenvalue weighted by atomic mass is 16.5. The standard InChI is InChI=1S/C16H17N3O2/c1-4-10-19(11-5-2)16(20)14-12(3)21-18-15(14)13-8-6-7-9-17-13/h4-9H,1-2,10-11H2,3H3. The number of pyridine rings is 1. The molecule has 0 fully saturated rings. The molecule has 0 unspecified atom stereocenters. The van der Waals surface area contributed by atoms with Crippen LogP contribution < -0.4 is 0 Å². The molecule has 0 aromatic carbocycles. The molecule has 2 aromatic rings. The summed E-state index contributed by atoms with van der Waals surface area (Å²) in [6.07, 6.45) is 4.99. The van der Waals surface area contributed by atoms with Gasteiger partial charge in [-0.25, -0.2) is 0 Å². The fourth-order valence-electron chi connectivity index (χ4n) is 2.01. The zero-order valence-electron chi connectivity index (χ0n) is 12.0. The molecule has 2 rings (SSSR count). The third-order valence-electron chi connectivity index (χ3n) is 2.97. The molecule has 0 bridgehead atoms. The fraction of sp³-hybridized carbons (Fsp3) is 0.188. The maximum Gasteiger partial charge on any atom is 0.260 e. The summed E-state index contributed by atoms with van der Waals surface area (Å²) >= 11 is 0. The predicted molar refractivity (Wildman–Crippen MR) is 80.8 cm³/mol. The van der Waals surface area contributed by atoms with Gasteiger partial charge in [-0.05, 0) is 19.1 Å². The first kappa shape index (κ1) is 14.7. The molecular formula is C16H17N3O2. The summed E-state index contributed by atoms with van der Waals surface area (Å²) in [6, 6.07) is 5.44. The molecule has 0 N–H and O–H groups in total. The third-order valence-corrected chi connectivity index (χ3v) is 2.97. The summed E-state index contributed by atoms with van der Waals surface area (Å²) in [6.45, 7) is 9.91. The lowest BCUT2D eigenvalue weighted by Crippen LogP contribution is -2.31. The Hall–Kier alpha value is -2.69. The van der Waals surface area contributed by atoms with Crippen molar-refractivity contribution in [1.82, 2.24) is 15.0 Å². The first-order valence-electron chi connectivity index (χ1n) is 6.57. The largest absolute Gasteiger partial charge is 0.360 e. The van der Waals surface area contributed by atoms with Gasteiger partial charge in [0.1, 0.15) is 17.0 Å². The number of aryl methyl sites for hydroxylation is 1. The van der Waals surface area contributed by atoms with E-state index in [1.54, 1.807) is 42.3 Å². The van der Waals surface area contributed by atoms with Crippen molar-refractivity contribution >= 4 is 5.91 Å². The Bertz CT molecular complexity index is 637. The molecule has 2 heterocycles. The van der Waals surface area contributed by atoms with Gasteiger partial charge in [-0.15, -0.1) is 13.2 Å². The Labute approximate surface area is 123 Å². The Morgan fingerprint density at radius 1 is 1.33 bits per heavy atom. The van der Waals surface area contributed by atoms with E-state index in [0.29, 0.717) is 35.8 Å². The van der Waals surface area contributed by atoms with Crippen molar-refractivity contribution in [3.05, 3.63) is 61.0 Å². The van der Waals surface area contributed by atoms with Gasteiger partial charge in [-0.2, -0.15) is 0 Å². The van der Waals surface area contributed by atoms with Crippen LogP contribution in [0.4, 0.5) is 0 Å². The smallest absolute Gasteiger partial charge is 0.260 e. The minimum atomic E-state index is -0.172. The van der Waals surface area contributed by atoms with Crippen molar-refractivity contribution in [2.24, 2.45) is 0 Å². The van der Waals surface area contributed by atoms with E-state index in [1.807, 2.05) is 6.07 Å². The molecule has 0 saturated carbocycles. The molecule has 1 amide bonds. The summed E-state index contributed by atoms with van der Waals surface area (Å²) in [4.78, 5) is 18.5. The molecule has 0 aliphatic carbocycles. The lowest BCUT2D eigenvalue weighted by atomic mass is 10.1. The van der Waals surface area contributed by atoms with E-state index >= 15 is 0 Å². The van der Waals surface area contributed by atoms with Gasteiger partial charge in [0.15, 0.2) is 0 Å². The molecule has 5 nitrogen and oxygen atoms in total. The molecule has 0 radical (unpaired) electrons. The molecule has 0 atom stereocenters. The van der Waals surface area contributed by atoms with E-state index in [1.165, 1.54) is 0 Å². The Kier molecular flexibility index (Phi) is 4.66. The van der Waals surface area contributed by atoms with E-state index in [2.05, 4.69) is 23.3 Å². The first-order chi connectivity index (χ1) is 10.2. The summed E-state index contributed by atoms with van der Waals surface area (Å²) in [5.74, 6) is 0.299. The van der Waals surface area contributed by atoms with E-state index < -0.39 is 0 Å². The SMILES string of the molecule is C=CCN(CC=C)C(=O)c1c(-c2ccccn2)noc1C. The van der Waals surface area contributed by atoms with Gasteiger partial charge >= 0.3 is 0 Å². The minimum absolute atomic E-state index is 0.172. The molecule has 21 heavy (non-hydrogen) atoms. The number of carbonyl (C=O) groups is 1. The molecule has 108 valence electrons. The van der Waals surface area contributed by atoms with Crippen molar-refractivity contribution in [2.75, 3.05) is 13.1 Å². The van der Waals surface area contributed by atoms with Gasteiger partial charge in [0.2, 0.25) is 0 Å². The number of nitrogens with zero attached hydrogens (tertiary/aromatic N) is 3. The number of carbonyl (C=O) groups excluding carboxylic acids is 1. The summed E-state index contributed by atoms with van der Waals surface area (Å²) in [5.41, 5.74) is 1.49. The molecule has 0 spiro atoms. The second-order valence-electron chi connectivity index (χ2n) is 4.46. The maximum absolute atomic E-state index is 12.7. The molecule has 0 aliphatic rings. The summed E-state index contributed by atoms with van der Waals surface area (Å²) in [7, 11) is 0. The number of rotatable bonds is 6. The van der Waals surface area contributed by atoms with E-state index in [0.717, 1.165) is 0 Å². The van der Waals surface area contributed by atoms with Crippen LogP contribution in [0.15, 0.2) is 54.2 Å². The molecular weight excluding hydrogens is 266 g/mol. The average Bonchev–Trinajstić information content (AvgIpc) is 2.89. The molecule has 0 saturated heterocycles. The third kappa shape index (κ3) is 3.08. The van der Waals surface area contributed by atoms with Crippen molar-refractivity contribution in [3.63, 3.8) is 0 Å². The summed E-state index contributed by atoms with van der Waals surface area (Å²) < 4.78 is 5.19. The van der Waals surface area contributed by atoms with Gasteiger partial charge in [-0.3, -0.25) is 9.78 Å². The number of aromatic nitrogens is 2. The van der Waals surface area contributed by atoms with Crippen LogP contribution in [0.1, 0.15) is 16.1 Å². The van der Waals surface area contributed by atoms with Crippen LogP contribution in [0.2, 0.25) is 0 Å². The lowest BCUT2D eigenvalue weighted by Gasteiger charge is -2.19. The Balaban J connectivity index is 2.43. The Morgan fingerprint density at radius 2 is 2.05 bits per heavy atom. The first-order valence-corrected chi connectivity index (χ1v) is 6.57. The lowest BCUT2D eigenvalue weighted by molar-refractivity contribution is 0.0789. The fourth-order valence-corrected chi connectivity index (χ4v) is 2.01. The number of amides is 1. The maximum atomic E-state index is 12.7. The zero-order chi connectivity index (χ0) is 15.2. The summed E-state index contributed by atoms with van der Waals surface area (Å²) in [5, 5.41) is 3.97. The quantitative estimate of drug-likeness (QED) is 0.765. The van der Waals surface area contributed by atoms with Crippen molar-refractivity contribution in [1.29, 1.82) is 0 Å². The van der Waals surface area contributed by atoms with Gasteiger partial charge < -0.3 is 9.42 Å². The van der Waals surface area contributed by atoms with Crippen LogP contribution in [0.3, 0.4) is 0 Å². The van der Waals surface area contributed by atoms with Crippen LogP contribution >= 0.6 is 0 Å². The van der Waals surface area contributed by atoms with Gasteiger partial charge in [-0.1, -0.05) is 23.4 Å². The second-order valence-corrected chi connectivity index (χ2v) is 4.46. The van der Waals surface area contributed by atoms with E-state index in [4.69, 9.17) is 4.52 Å². The van der Waals surface area contributed by atoms with Gasteiger partial charge in [0.25, 0.3) is 5.91 Å². The zero-order valence-corrected chi connectivity index (χ0v) is 12.0. The predicted octanol–water partition coefficient (Wildman–Crippen LogP) is 2.86. The van der Waals surface area contributed by atoms with Crippen molar-refractivity contribution in [2.45, 2.75) is 6.92 Å². The molecule has 5 heteroatoms. The molecule has 2 aromatic heterocycles. The van der Waals surface area contributed by atoms with Crippen LogP contribution in [-0.4, -0.2) is 34.0 Å². The highest BCUT2D eigenvalue weighted by Gasteiger charge is 2.25. The molecule has 0 aliphatic heterocycles. The highest BCUT2D eigenvalue weighted by molar-refractivity contribution is 6.00. The van der Waals surface area contributed by atoms with E-state index in [-0.39, 0.29) is 5.91 Å². The van der Waals surface area contributed by atoms with Gasteiger partial charge in [0.05, 0.1) is 5.69 Å². The number of hydrogen-bond donors (Lipinski definition) is 0. The van der Waals surface area contributed by atoms with Crippen molar-refractivity contribution < 1.29 is 9.32 Å². The van der Waals surface area contributed by atoms with Crippen molar-refractivity contribution in [3.8, 4) is 11.4 Å². The minimum Gasteiger partial charge on any atom is -0.360 e. The Morgan fingerprint density at radius 3 is 2.62 bits per heavy atom. The normalized spacial score (nSPS) is 10.1. The monoisotopic (exact) mass is 283 g/mol. The average molecular weight is 283 g/mol.